The SMILES string of the molecule is Nc1ccc(CC(=O)Nc2ccc(Cl)c(-c3nnc4n3CCCCC4)c2)cc1. The molecule has 28 heavy (non-hydrogen) atoms. The monoisotopic (exact) mass is 395 g/mol. The summed E-state index contributed by atoms with van der Waals surface area (Å²) in [7, 11) is 0. The summed E-state index contributed by atoms with van der Waals surface area (Å²) in [4.78, 5) is 12.4. The van der Waals surface area contributed by atoms with Crippen molar-refractivity contribution in [3.63, 3.8) is 0 Å². The molecular weight excluding hydrogens is 374 g/mol. The number of halogens is 1. The van der Waals surface area contributed by atoms with Crippen molar-refractivity contribution < 1.29 is 4.79 Å². The Morgan fingerprint density at radius 2 is 1.93 bits per heavy atom. The molecule has 0 saturated heterocycles. The molecule has 0 saturated carbocycles. The van der Waals surface area contributed by atoms with Crippen LogP contribution in [0.25, 0.3) is 11.4 Å². The Balaban J connectivity index is 1.55. The lowest BCUT2D eigenvalue weighted by Crippen LogP contribution is -2.14. The number of rotatable bonds is 4. The highest BCUT2D eigenvalue weighted by molar-refractivity contribution is 6.33. The predicted octanol–water partition coefficient (Wildman–Crippen LogP) is 4.09. The van der Waals surface area contributed by atoms with E-state index in [1.165, 1.54) is 6.42 Å². The van der Waals surface area contributed by atoms with Crippen LogP contribution in [0.2, 0.25) is 5.02 Å². The van der Waals surface area contributed by atoms with Crippen molar-refractivity contribution in [2.24, 2.45) is 0 Å². The lowest BCUT2D eigenvalue weighted by molar-refractivity contribution is -0.115. The maximum absolute atomic E-state index is 12.4. The number of carbonyl (C=O) groups is 1. The van der Waals surface area contributed by atoms with Gasteiger partial charge >= 0.3 is 0 Å². The van der Waals surface area contributed by atoms with E-state index in [0.717, 1.165) is 48.6 Å². The van der Waals surface area contributed by atoms with Gasteiger partial charge in [0, 0.05) is 29.9 Å². The number of hydrogen-bond donors (Lipinski definition) is 2. The van der Waals surface area contributed by atoms with Crippen molar-refractivity contribution >= 4 is 28.9 Å². The first-order valence-electron chi connectivity index (χ1n) is 9.46. The van der Waals surface area contributed by atoms with E-state index in [4.69, 9.17) is 17.3 Å². The zero-order chi connectivity index (χ0) is 19.5. The molecular formula is C21H22ClN5O. The van der Waals surface area contributed by atoms with Crippen LogP contribution in [0, 0.1) is 0 Å². The molecule has 0 fully saturated rings. The predicted molar refractivity (Wildman–Crippen MR) is 111 cm³/mol. The molecule has 0 radical (unpaired) electrons. The van der Waals surface area contributed by atoms with Crippen LogP contribution in [-0.4, -0.2) is 20.7 Å². The van der Waals surface area contributed by atoms with Gasteiger partial charge in [-0.25, -0.2) is 0 Å². The Bertz CT molecular complexity index is 997. The van der Waals surface area contributed by atoms with Crippen molar-refractivity contribution in [1.29, 1.82) is 0 Å². The fourth-order valence-electron chi connectivity index (χ4n) is 3.48. The quantitative estimate of drug-likeness (QED) is 0.651. The molecule has 0 aliphatic carbocycles. The second-order valence-corrected chi connectivity index (χ2v) is 7.47. The Kier molecular flexibility index (Phi) is 5.30. The number of benzene rings is 2. The first kappa shape index (κ1) is 18.5. The summed E-state index contributed by atoms with van der Waals surface area (Å²) in [6, 6.07) is 12.7. The highest BCUT2D eigenvalue weighted by atomic mass is 35.5. The number of nitrogen functional groups attached to an aromatic ring is 1. The first-order chi connectivity index (χ1) is 13.6. The smallest absolute Gasteiger partial charge is 0.228 e. The average molecular weight is 396 g/mol. The maximum atomic E-state index is 12.4. The standard InChI is InChI=1S/C21H22ClN5O/c22-18-10-9-16(24-20(28)12-14-5-7-15(23)8-6-14)13-17(18)21-26-25-19-4-2-1-3-11-27(19)21/h5-10,13H,1-4,11-12,23H2,(H,24,28). The molecule has 0 spiro atoms. The molecule has 144 valence electrons. The second kappa shape index (κ2) is 8.02. The number of nitrogens with zero attached hydrogens (tertiary/aromatic N) is 3. The van der Waals surface area contributed by atoms with Crippen LogP contribution in [-0.2, 0) is 24.2 Å². The number of nitrogens with two attached hydrogens (primary N) is 1. The lowest BCUT2D eigenvalue weighted by Gasteiger charge is -2.11. The largest absolute Gasteiger partial charge is 0.399 e. The molecule has 1 amide bonds. The lowest BCUT2D eigenvalue weighted by atomic mass is 10.1. The van der Waals surface area contributed by atoms with E-state index in [1.807, 2.05) is 18.2 Å². The van der Waals surface area contributed by atoms with Gasteiger partial charge in [0.2, 0.25) is 5.91 Å². The molecule has 3 N–H and O–H groups in total. The Morgan fingerprint density at radius 3 is 2.75 bits per heavy atom. The van der Waals surface area contributed by atoms with Crippen LogP contribution < -0.4 is 11.1 Å². The van der Waals surface area contributed by atoms with Crippen molar-refractivity contribution in [3.05, 3.63) is 58.9 Å². The van der Waals surface area contributed by atoms with E-state index in [0.29, 0.717) is 16.4 Å². The summed E-state index contributed by atoms with van der Waals surface area (Å²) in [6.07, 6.45) is 4.64. The fraction of sp³-hybridized carbons (Fsp3) is 0.286. The third-order valence-corrected chi connectivity index (χ3v) is 5.27. The minimum atomic E-state index is -0.0990. The molecule has 2 heterocycles. The molecule has 1 aromatic heterocycles. The molecule has 0 atom stereocenters. The summed E-state index contributed by atoms with van der Waals surface area (Å²) >= 11 is 6.45. The van der Waals surface area contributed by atoms with Gasteiger partial charge in [-0.2, -0.15) is 0 Å². The third-order valence-electron chi connectivity index (χ3n) is 4.94. The number of nitrogens with one attached hydrogen (secondary N) is 1. The number of aromatic nitrogens is 3. The van der Waals surface area contributed by atoms with Crippen molar-refractivity contribution in [2.45, 2.75) is 38.6 Å². The van der Waals surface area contributed by atoms with Gasteiger partial charge in [0.15, 0.2) is 5.82 Å². The van der Waals surface area contributed by atoms with E-state index in [2.05, 4.69) is 20.1 Å². The van der Waals surface area contributed by atoms with Gasteiger partial charge in [0.05, 0.1) is 11.4 Å². The Morgan fingerprint density at radius 1 is 1.11 bits per heavy atom. The van der Waals surface area contributed by atoms with E-state index >= 15 is 0 Å². The van der Waals surface area contributed by atoms with Crippen LogP contribution in [0.1, 0.15) is 30.7 Å². The molecule has 6 nitrogen and oxygen atoms in total. The van der Waals surface area contributed by atoms with Crippen LogP contribution in [0.4, 0.5) is 11.4 Å². The highest BCUT2D eigenvalue weighted by Crippen LogP contribution is 2.31. The molecule has 2 aromatic carbocycles. The number of aryl methyl sites for hydroxylation is 1. The minimum absolute atomic E-state index is 0.0990. The van der Waals surface area contributed by atoms with Gasteiger partial charge in [-0.15, -0.1) is 10.2 Å². The maximum Gasteiger partial charge on any atom is 0.228 e. The number of hydrogen-bond acceptors (Lipinski definition) is 4. The van der Waals surface area contributed by atoms with Gasteiger partial charge in [-0.3, -0.25) is 4.79 Å². The van der Waals surface area contributed by atoms with Crippen LogP contribution in [0.5, 0.6) is 0 Å². The van der Waals surface area contributed by atoms with Crippen molar-refractivity contribution in [1.82, 2.24) is 14.8 Å². The minimum Gasteiger partial charge on any atom is -0.399 e. The summed E-state index contributed by atoms with van der Waals surface area (Å²) in [5, 5.41) is 12.2. The first-order valence-corrected chi connectivity index (χ1v) is 9.84. The molecule has 7 heteroatoms. The van der Waals surface area contributed by atoms with Crippen LogP contribution in [0.3, 0.4) is 0 Å². The molecule has 3 aromatic rings. The topological polar surface area (TPSA) is 85.8 Å². The number of fused-ring (bicyclic) bond motifs is 1. The zero-order valence-corrected chi connectivity index (χ0v) is 16.2. The molecule has 0 unspecified atom stereocenters. The summed E-state index contributed by atoms with van der Waals surface area (Å²) < 4.78 is 2.15. The third kappa shape index (κ3) is 4.02. The second-order valence-electron chi connectivity index (χ2n) is 7.06. The fourth-order valence-corrected chi connectivity index (χ4v) is 3.69. The molecule has 1 aliphatic rings. The van der Waals surface area contributed by atoms with Gasteiger partial charge < -0.3 is 15.6 Å². The highest BCUT2D eigenvalue weighted by Gasteiger charge is 2.18. The number of amides is 1. The van der Waals surface area contributed by atoms with Crippen LogP contribution in [0.15, 0.2) is 42.5 Å². The van der Waals surface area contributed by atoms with E-state index in [1.54, 1.807) is 24.3 Å². The molecule has 1 aliphatic heterocycles. The summed E-state index contributed by atoms with van der Waals surface area (Å²) in [6.45, 7) is 0.891. The van der Waals surface area contributed by atoms with Gasteiger partial charge in [-0.05, 0) is 48.7 Å². The normalized spacial score (nSPS) is 13.6. The van der Waals surface area contributed by atoms with E-state index in [9.17, 15) is 4.79 Å². The molecule has 0 bridgehead atoms. The molecule has 4 rings (SSSR count). The number of anilines is 2. The Hall–Kier alpha value is -2.86. The van der Waals surface area contributed by atoms with Gasteiger partial charge in [0.1, 0.15) is 5.82 Å². The van der Waals surface area contributed by atoms with Crippen molar-refractivity contribution in [2.75, 3.05) is 11.1 Å². The average Bonchev–Trinajstić information content (AvgIpc) is 2.93. The summed E-state index contributed by atoms with van der Waals surface area (Å²) in [5.41, 5.74) is 8.75. The van der Waals surface area contributed by atoms with E-state index in [-0.39, 0.29) is 12.3 Å². The zero-order valence-electron chi connectivity index (χ0n) is 15.5. The van der Waals surface area contributed by atoms with E-state index < -0.39 is 0 Å². The number of carbonyl (C=O) groups excluding carboxylic acids is 1. The summed E-state index contributed by atoms with van der Waals surface area (Å²) in [5.74, 6) is 1.66. The van der Waals surface area contributed by atoms with Gasteiger partial charge in [0.25, 0.3) is 0 Å². The Labute approximate surface area is 168 Å². The van der Waals surface area contributed by atoms with Crippen LogP contribution >= 0.6 is 11.6 Å². The van der Waals surface area contributed by atoms with Gasteiger partial charge in [-0.1, -0.05) is 30.2 Å². The van der Waals surface area contributed by atoms with Crippen molar-refractivity contribution in [3.8, 4) is 11.4 Å².